The highest BCUT2D eigenvalue weighted by Crippen LogP contribution is 2.55. The molecule has 0 aromatic heterocycles. The van der Waals surface area contributed by atoms with Crippen LogP contribution in [0.4, 0.5) is 0 Å². The number of benzene rings is 1. The predicted octanol–water partition coefficient (Wildman–Crippen LogP) is 1.14. The van der Waals surface area contributed by atoms with Crippen LogP contribution in [0.5, 0.6) is 0 Å². The number of carboxylic acid groups (broad SMARTS) is 2. The summed E-state index contributed by atoms with van der Waals surface area (Å²) in [6.07, 6.45) is 1.94. The van der Waals surface area contributed by atoms with Crippen LogP contribution in [-0.4, -0.2) is 71.5 Å². The molecule has 1 aromatic rings. The number of ether oxygens (including phenoxy) is 1. The number of aliphatic hydroxyl groups is 1. The number of hydrogen-bond acceptors (Lipinski definition) is 6. The minimum Gasteiger partial charge on any atom is -0.478 e. The molecule has 1 saturated carbocycles. The quantitative estimate of drug-likeness (QED) is 0.421. The molecule has 0 spiro atoms. The second-order valence-electron chi connectivity index (χ2n) is 6.45. The zero-order valence-corrected chi connectivity index (χ0v) is 16.1. The molecule has 0 heterocycles. The third-order valence-corrected chi connectivity index (χ3v) is 4.42. The molecule has 2 rings (SSSR count). The molecule has 0 saturated heterocycles. The number of hydrogen-bond donors (Lipinski definition) is 3. The largest absolute Gasteiger partial charge is 0.478 e. The number of carboxylic acids is 2. The second kappa shape index (κ2) is 11.2. The SMILES string of the molecule is CCOC(=O)[C@]1(c2ccccc2)C[C@@H]1CN(C)CCO.O=C(O)C=CC(=O)O. The third-order valence-electron chi connectivity index (χ3n) is 4.42. The van der Waals surface area contributed by atoms with Gasteiger partial charge in [0.05, 0.1) is 18.6 Å². The van der Waals surface area contributed by atoms with Gasteiger partial charge in [0.2, 0.25) is 0 Å². The first-order valence-electron chi connectivity index (χ1n) is 8.94. The van der Waals surface area contributed by atoms with E-state index in [1.807, 2.05) is 44.3 Å². The average Bonchev–Trinajstić information content (AvgIpc) is 3.36. The number of carbonyl (C=O) groups excluding carboxylic acids is 1. The first-order valence-corrected chi connectivity index (χ1v) is 8.94. The number of aliphatic carboxylic acids is 2. The van der Waals surface area contributed by atoms with Gasteiger partial charge in [-0.05, 0) is 31.9 Å². The second-order valence-corrected chi connectivity index (χ2v) is 6.45. The van der Waals surface area contributed by atoms with Crippen LogP contribution < -0.4 is 0 Å². The fraction of sp³-hybridized carbons (Fsp3) is 0.450. The molecule has 154 valence electrons. The number of likely N-dealkylation sites (N-methyl/N-ethyl adjacent to an activating group) is 1. The van der Waals surface area contributed by atoms with Gasteiger partial charge in [-0.25, -0.2) is 9.59 Å². The van der Waals surface area contributed by atoms with Crippen LogP contribution in [-0.2, 0) is 24.5 Å². The van der Waals surface area contributed by atoms with Crippen molar-refractivity contribution in [1.82, 2.24) is 4.90 Å². The lowest BCUT2D eigenvalue weighted by atomic mass is 9.93. The molecule has 8 nitrogen and oxygen atoms in total. The zero-order chi connectivity index (χ0) is 21.2. The van der Waals surface area contributed by atoms with Gasteiger partial charge in [-0.1, -0.05) is 30.3 Å². The molecule has 1 aliphatic rings. The zero-order valence-electron chi connectivity index (χ0n) is 16.1. The van der Waals surface area contributed by atoms with Crippen molar-refractivity contribution in [2.75, 3.05) is 33.4 Å². The van der Waals surface area contributed by atoms with Crippen LogP contribution in [0.25, 0.3) is 0 Å². The van der Waals surface area contributed by atoms with E-state index in [2.05, 4.69) is 4.90 Å². The highest BCUT2D eigenvalue weighted by Gasteiger charge is 2.62. The highest BCUT2D eigenvalue weighted by molar-refractivity contribution is 5.89. The van der Waals surface area contributed by atoms with E-state index in [0.29, 0.717) is 25.3 Å². The molecule has 2 atom stereocenters. The van der Waals surface area contributed by atoms with Gasteiger partial charge in [-0.2, -0.15) is 0 Å². The molecule has 0 radical (unpaired) electrons. The molecular formula is C20H27NO7. The van der Waals surface area contributed by atoms with Crippen LogP contribution in [0.1, 0.15) is 18.9 Å². The Labute approximate surface area is 164 Å². The molecule has 0 aliphatic heterocycles. The fourth-order valence-corrected chi connectivity index (χ4v) is 3.05. The molecule has 8 heteroatoms. The Morgan fingerprint density at radius 3 is 2.21 bits per heavy atom. The molecule has 3 N–H and O–H groups in total. The molecular weight excluding hydrogens is 366 g/mol. The Kier molecular flexibility index (Phi) is 9.34. The van der Waals surface area contributed by atoms with Crippen LogP contribution in [0.2, 0.25) is 0 Å². The first-order chi connectivity index (χ1) is 13.3. The number of esters is 1. The topological polar surface area (TPSA) is 124 Å². The van der Waals surface area contributed by atoms with Gasteiger partial charge in [-0.3, -0.25) is 4.79 Å². The van der Waals surface area contributed by atoms with Gasteiger partial charge in [0.15, 0.2) is 0 Å². The average molecular weight is 393 g/mol. The van der Waals surface area contributed by atoms with Crippen LogP contribution in [0.3, 0.4) is 0 Å². The Morgan fingerprint density at radius 1 is 1.18 bits per heavy atom. The normalized spacial score (nSPS) is 20.4. The minimum atomic E-state index is -1.26. The van der Waals surface area contributed by atoms with Crippen molar-refractivity contribution in [3.05, 3.63) is 48.0 Å². The van der Waals surface area contributed by atoms with Gasteiger partial charge in [-0.15, -0.1) is 0 Å². The Morgan fingerprint density at radius 2 is 1.75 bits per heavy atom. The first kappa shape index (κ1) is 23.3. The van der Waals surface area contributed by atoms with Gasteiger partial charge < -0.3 is 25.0 Å². The molecule has 1 aromatic carbocycles. The smallest absolute Gasteiger partial charge is 0.328 e. The summed E-state index contributed by atoms with van der Waals surface area (Å²) < 4.78 is 5.29. The lowest BCUT2D eigenvalue weighted by Crippen LogP contribution is -2.31. The summed E-state index contributed by atoms with van der Waals surface area (Å²) in [4.78, 5) is 33.6. The van der Waals surface area contributed by atoms with E-state index in [9.17, 15) is 14.4 Å². The number of rotatable bonds is 9. The van der Waals surface area contributed by atoms with Crippen LogP contribution in [0, 0.1) is 5.92 Å². The monoisotopic (exact) mass is 393 g/mol. The van der Waals surface area contributed by atoms with Crippen LogP contribution >= 0.6 is 0 Å². The van der Waals surface area contributed by atoms with E-state index in [4.69, 9.17) is 20.1 Å². The standard InChI is InChI=1S/C16H23NO3.C4H4O4/c1-3-20-15(19)16(13-7-5-4-6-8-13)11-14(16)12-17(2)9-10-18;5-3(6)1-2-4(7)8/h4-8,14,18H,3,9-12H2,1-2H3;1-2H,(H,5,6)(H,7,8)/t14-,16+;/m1./s1. The van der Waals surface area contributed by atoms with E-state index >= 15 is 0 Å². The third kappa shape index (κ3) is 6.79. The fourth-order valence-electron chi connectivity index (χ4n) is 3.05. The number of nitrogens with zero attached hydrogens (tertiary/aromatic N) is 1. The minimum absolute atomic E-state index is 0.117. The number of aliphatic hydroxyl groups excluding tert-OH is 1. The molecule has 1 fully saturated rings. The molecule has 28 heavy (non-hydrogen) atoms. The van der Waals surface area contributed by atoms with Crippen molar-refractivity contribution in [3.63, 3.8) is 0 Å². The van der Waals surface area contributed by atoms with Crippen LogP contribution in [0.15, 0.2) is 42.5 Å². The number of carbonyl (C=O) groups is 3. The van der Waals surface area contributed by atoms with Gasteiger partial charge in [0, 0.05) is 25.2 Å². The Balaban J connectivity index is 0.000000416. The van der Waals surface area contributed by atoms with Crippen molar-refractivity contribution < 1.29 is 34.4 Å². The maximum absolute atomic E-state index is 12.4. The summed E-state index contributed by atoms with van der Waals surface area (Å²) in [5, 5.41) is 24.6. The van der Waals surface area contributed by atoms with Crippen molar-refractivity contribution in [2.24, 2.45) is 5.92 Å². The lowest BCUT2D eigenvalue weighted by Gasteiger charge is -2.20. The van der Waals surface area contributed by atoms with E-state index < -0.39 is 17.4 Å². The van der Waals surface area contributed by atoms with E-state index in [1.54, 1.807) is 0 Å². The lowest BCUT2D eigenvalue weighted by molar-refractivity contribution is -0.146. The van der Waals surface area contributed by atoms with E-state index in [-0.39, 0.29) is 18.5 Å². The van der Waals surface area contributed by atoms with Gasteiger partial charge in [0.25, 0.3) is 0 Å². The molecule has 1 aliphatic carbocycles. The summed E-state index contributed by atoms with van der Waals surface area (Å²) in [7, 11) is 1.97. The Bertz CT molecular complexity index is 673. The summed E-state index contributed by atoms with van der Waals surface area (Å²) in [5.41, 5.74) is 0.557. The van der Waals surface area contributed by atoms with Crippen molar-refractivity contribution in [3.8, 4) is 0 Å². The predicted molar refractivity (Wildman–Crippen MR) is 102 cm³/mol. The van der Waals surface area contributed by atoms with Gasteiger partial charge in [0.1, 0.15) is 0 Å². The summed E-state index contributed by atoms with van der Waals surface area (Å²) in [5.74, 6) is -2.37. The van der Waals surface area contributed by atoms with Gasteiger partial charge >= 0.3 is 17.9 Å². The maximum atomic E-state index is 12.4. The van der Waals surface area contributed by atoms with Crippen molar-refractivity contribution in [1.29, 1.82) is 0 Å². The summed E-state index contributed by atoms with van der Waals surface area (Å²) in [6.45, 7) is 3.82. The van der Waals surface area contributed by atoms with E-state index in [0.717, 1.165) is 18.5 Å². The summed E-state index contributed by atoms with van der Waals surface area (Å²) in [6, 6.07) is 9.88. The van der Waals surface area contributed by atoms with Crippen molar-refractivity contribution >= 4 is 17.9 Å². The Hall–Kier alpha value is -2.71. The molecule has 0 unspecified atom stereocenters. The maximum Gasteiger partial charge on any atom is 0.328 e. The van der Waals surface area contributed by atoms with E-state index in [1.165, 1.54) is 0 Å². The summed E-state index contributed by atoms with van der Waals surface area (Å²) >= 11 is 0. The molecule has 0 amide bonds. The molecule has 0 bridgehead atoms. The van der Waals surface area contributed by atoms with Crippen molar-refractivity contribution in [2.45, 2.75) is 18.8 Å². The highest BCUT2D eigenvalue weighted by atomic mass is 16.5.